The van der Waals surface area contributed by atoms with Crippen LogP contribution in [0.15, 0.2) is 77.7 Å². The first kappa shape index (κ1) is 29.9. The summed E-state index contributed by atoms with van der Waals surface area (Å²) < 4.78 is 29.1. The first-order valence-electron chi connectivity index (χ1n) is 13.0. The fourth-order valence-electron chi connectivity index (χ4n) is 4.18. The van der Waals surface area contributed by atoms with Crippen molar-refractivity contribution in [3.63, 3.8) is 0 Å². The van der Waals surface area contributed by atoms with E-state index in [1.165, 1.54) is 4.90 Å². The maximum atomic E-state index is 14.0. The Bertz CT molecular complexity index is 1410. The summed E-state index contributed by atoms with van der Waals surface area (Å²) in [7, 11) is -4.10. The maximum Gasteiger partial charge on any atom is 0.264 e. The van der Waals surface area contributed by atoms with E-state index >= 15 is 0 Å². The number of anilines is 1. The summed E-state index contributed by atoms with van der Waals surface area (Å²) in [6, 6.07) is 20.6. The number of rotatable bonds is 9. The first-order chi connectivity index (χ1) is 18.2. The second kappa shape index (κ2) is 12.0. The van der Waals surface area contributed by atoms with Crippen LogP contribution in [0, 0.1) is 20.8 Å². The Balaban J connectivity index is 2.07. The van der Waals surface area contributed by atoms with Gasteiger partial charge in [0.05, 0.1) is 10.6 Å². The molecule has 0 radical (unpaired) electrons. The van der Waals surface area contributed by atoms with E-state index in [4.69, 9.17) is 0 Å². The Hall–Kier alpha value is -3.65. The molecule has 7 nitrogen and oxygen atoms in total. The molecule has 208 valence electrons. The number of sulfonamides is 1. The SMILES string of the molecule is Cc1ccc(S(=O)(=O)N(CC(=O)N(Cc2ccccc2)[C@H](C)C(=O)NC(C)(C)C)c2cc(C)ccc2C)cc1. The van der Waals surface area contributed by atoms with Gasteiger partial charge in [-0.05, 0) is 83.4 Å². The third-order valence-electron chi connectivity index (χ3n) is 6.38. The predicted octanol–water partition coefficient (Wildman–Crippen LogP) is 5.14. The molecular formula is C31H39N3O4S. The monoisotopic (exact) mass is 549 g/mol. The van der Waals surface area contributed by atoms with Crippen LogP contribution >= 0.6 is 0 Å². The summed E-state index contributed by atoms with van der Waals surface area (Å²) in [5.74, 6) is -0.793. The van der Waals surface area contributed by atoms with Crippen molar-refractivity contribution in [1.29, 1.82) is 0 Å². The van der Waals surface area contributed by atoms with E-state index in [-0.39, 0.29) is 17.3 Å². The Labute approximate surface area is 232 Å². The van der Waals surface area contributed by atoms with E-state index in [9.17, 15) is 18.0 Å². The highest BCUT2D eigenvalue weighted by Crippen LogP contribution is 2.28. The third kappa shape index (κ3) is 7.69. The molecule has 0 unspecified atom stereocenters. The molecule has 0 aromatic heterocycles. The Morgan fingerprint density at radius 1 is 0.872 bits per heavy atom. The molecule has 0 heterocycles. The van der Waals surface area contributed by atoms with Gasteiger partial charge in [0.25, 0.3) is 10.0 Å². The molecule has 3 aromatic carbocycles. The molecule has 8 heteroatoms. The number of aryl methyl sites for hydroxylation is 3. The Kier molecular flexibility index (Phi) is 9.22. The number of nitrogens with one attached hydrogen (secondary N) is 1. The van der Waals surface area contributed by atoms with Crippen LogP contribution in [0.1, 0.15) is 49.9 Å². The standard InChI is InChI=1S/C31H39N3O4S/c1-22-14-17-27(18-15-22)39(37,38)34(28-19-23(2)13-16-24(28)3)21-29(35)33(20-26-11-9-8-10-12-26)25(4)30(36)32-31(5,6)7/h8-19,25H,20-21H2,1-7H3,(H,32,36)/t25-/m1/s1. The zero-order valence-corrected chi connectivity index (χ0v) is 24.7. The van der Waals surface area contributed by atoms with E-state index in [1.54, 1.807) is 37.3 Å². The third-order valence-corrected chi connectivity index (χ3v) is 8.16. The summed E-state index contributed by atoms with van der Waals surface area (Å²) in [6.45, 7) is 12.6. The lowest BCUT2D eigenvalue weighted by molar-refractivity contribution is -0.140. The quantitative estimate of drug-likeness (QED) is 0.401. The van der Waals surface area contributed by atoms with Crippen molar-refractivity contribution >= 4 is 27.5 Å². The molecule has 0 saturated heterocycles. The lowest BCUT2D eigenvalue weighted by Gasteiger charge is -2.34. The zero-order valence-electron chi connectivity index (χ0n) is 23.9. The van der Waals surface area contributed by atoms with E-state index in [0.29, 0.717) is 5.69 Å². The van der Waals surface area contributed by atoms with E-state index in [2.05, 4.69) is 5.32 Å². The minimum atomic E-state index is -4.10. The van der Waals surface area contributed by atoms with Crippen molar-refractivity contribution in [3.05, 3.63) is 95.1 Å². The van der Waals surface area contributed by atoms with E-state index in [0.717, 1.165) is 26.6 Å². The lowest BCUT2D eigenvalue weighted by atomic mass is 10.1. The predicted molar refractivity (Wildman–Crippen MR) is 156 cm³/mol. The van der Waals surface area contributed by atoms with Gasteiger partial charge in [-0.3, -0.25) is 13.9 Å². The molecule has 3 rings (SSSR count). The van der Waals surface area contributed by atoms with Crippen molar-refractivity contribution in [1.82, 2.24) is 10.2 Å². The molecule has 0 saturated carbocycles. The smallest absolute Gasteiger partial charge is 0.264 e. The summed E-state index contributed by atoms with van der Waals surface area (Å²) in [4.78, 5) is 28.7. The summed E-state index contributed by atoms with van der Waals surface area (Å²) in [5, 5.41) is 2.94. The molecule has 0 fully saturated rings. The van der Waals surface area contributed by atoms with Gasteiger partial charge in [0.1, 0.15) is 12.6 Å². The fraction of sp³-hybridized carbons (Fsp3) is 0.355. The normalized spacial score (nSPS) is 12.5. The number of hydrogen-bond donors (Lipinski definition) is 1. The Morgan fingerprint density at radius 2 is 1.46 bits per heavy atom. The van der Waals surface area contributed by atoms with Crippen LogP contribution in [0.5, 0.6) is 0 Å². The zero-order chi connectivity index (χ0) is 29.0. The van der Waals surface area contributed by atoms with Crippen LogP contribution in [0.2, 0.25) is 0 Å². The van der Waals surface area contributed by atoms with Crippen LogP contribution in [0.4, 0.5) is 5.69 Å². The van der Waals surface area contributed by atoms with Gasteiger partial charge >= 0.3 is 0 Å². The van der Waals surface area contributed by atoms with Gasteiger partial charge in [-0.15, -0.1) is 0 Å². The molecule has 3 aromatic rings. The number of benzene rings is 3. The number of carbonyl (C=O) groups excluding carboxylic acids is 2. The summed E-state index contributed by atoms with van der Waals surface area (Å²) in [6.07, 6.45) is 0. The van der Waals surface area contributed by atoms with Gasteiger partial charge in [0.15, 0.2) is 0 Å². The minimum Gasteiger partial charge on any atom is -0.350 e. The minimum absolute atomic E-state index is 0.0925. The summed E-state index contributed by atoms with van der Waals surface area (Å²) in [5.41, 5.74) is 3.28. The van der Waals surface area contributed by atoms with Crippen molar-refractivity contribution in [2.24, 2.45) is 0 Å². The maximum absolute atomic E-state index is 14.0. The van der Waals surface area contributed by atoms with Crippen LogP contribution in [0.25, 0.3) is 0 Å². The molecule has 0 aliphatic heterocycles. The largest absolute Gasteiger partial charge is 0.350 e. The Morgan fingerprint density at radius 3 is 2.05 bits per heavy atom. The van der Waals surface area contributed by atoms with E-state index < -0.39 is 34.1 Å². The number of nitrogens with zero attached hydrogens (tertiary/aromatic N) is 2. The molecule has 0 aliphatic carbocycles. The highest BCUT2D eigenvalue weighted by atomic mass is 32.2. The molecule has 0 aliphatic rings. The molecule has 0 spiro atoms. The first-order valence-corrected chi connectivity index (χ1v) is 14.4. The highest BCUT2D eigenvalue weighted by molar-refractivity contribution is 7.92. The molecule has 39 heavy (non-hydrogen) atoms. The highest BCUT2D eigenvalue weighted by Gasteiger charge is 2.33. The molecular weight excluding hydrogens is 510 g/mol. The molecule has 1 N–H and O–H groups in total. The average molecular weight is 550 g/mol. The van der Waals surface area contributed by atoms with Gasteiger partial charge in [0, 0.05) is 12.1 Å². The molecule has 2 amide bonds. The second-order valence-electron chi connectivity index (χ2n) is 11.0. The van der Waals surface area contributed by atoms with Gasteiger partial charge in [0.2, 0.25) is 11.8 Å². The van der Waals surface area contributed by atoms with Crippen molar-refractivity contribution in [2.45, 2.75) is 71.5 Å². The van der Waals surface area contributed by atoms with Crippen LogP contribution in [-0.2, 0) is 26.2 Å². The van der Waals surface area contributed by atoms with Crippen molar-refractivity contribution in [3.8, 4) is 0 Å². The van der Waals surface area contributed by atoms with Crippen molar-refractivity contribution < 1.29 is 18.0 Å². The number of carbonyl (C=O) groups is 2. The topological polar surface area (TPSA) is 86.8 Å². The lowest BCUT2D eigenvalue weighted by Crippen LogP contribution is -2.54. The van der Waals surface area contributed by atoms with E-state index in [1.807, 2.05) is 84.0 Å². The van der Waals surface area contributed by atoms with Gasteiger partial charge in [-0.1, -0.05) is 60.2 Å². The van der Waals surface area contributed by atoms with Gasteiger partial charge in [-0.25, -0.2) is 8.42 Å². The van der Waals surface area contributed by atoms with Crippen LogP contribution in [-0.4, -0.2) is 43.3 Å². The van der Waals surface area contributed by atoms with Crippen LogP contribution in [0.3, 0.4) is 0 Å². The van der Waals surface area contributed by atoms with Gasteiger partial charge in [-0.2, -0.15) is 0 Å². The molecule has 1 atom stereocenters. The summed E-state index contributed by atoms with van der Waals surface area (Å²) >= 11 is 0. The average Bonchev–Trinajstić information content (AvgIpc) is 2.86. The fourth-order valence-corrected chi connectivity index (χ4v) is 5.65. The van der Waals surface area contributed by atoms with Crippen LogP contribution < -0.4 is 9.62 Å². The van der Waals surface area contributed by atoms with Crippen molar-refractivity contribution in [2.75, 3.05) is 10.8 Å². The number of amides is 2. The molecule has 0 bridgehead atoms. The second-order valence-corrected chi connectivity index (χ2v) is 12.9. The van der Waals surface area contributed by atoms with Gasteiger partial charge < -0.3 is 10.2 Å². The number of hydrogen-bond acceptors (Lipinski definition) is 4.